The average Bonchev–Trinajstić information content (AvgIpc) is 3.01. The molecule has 0 atom stereocenters. The van der Waals surface area contributed by atoms with Gasteiger partial charge in [0.15, 0.2) is 11.6 Å². The molecule has 0 fully saturated rings. The molecule has 0 saturated heterocycles. The summed E-state index contributed by atoms with van der Waals surface area (Å²) < 4.78 is 0. The molecule has 0 aromatic carbocycles. The number of aromatic nitrogens is 6. The van der Waals surface area contributed by atoms with Crippen molar-refractivity contribution in [1.82, 2.24) is 30.4 Å². The summed E-state index contributed by atoms with van der Waals surface area (Å²) in [5.41, 5.74) is 1.76. The van der Waals surface area contributed by atoms with Crippen molar-refractivity contribution in [2.24, 2.45) is 0 Å². The maximum absolute atomic E-state index is 4.36. The quantitative estimate of drug-likeness (QED) is 0.669. The Morgan fingerprint density at radius 1 is 1.12 bits per heavy atom. The van der Waals surface area contributed by atoms with Crippen molar-refractivity contribution in [2.75, 3.05) is 0 Å². The van der Waals surface area contributed by atoms with E-state index in [-0.39, 0.29) is 0 Å². The van der Waals surface area contributed by atoms with E-state index in [0.29, 0.717) is 11.6 Å². The minimum absolute atomic E-state index is 0.618. The zero-order valence-electron chi connectivity index (χ0n) is 8.25. The summed E-state index contributed by atoms with van der Waals surface area (Å²) in [4.78, 5) is 8.38. The van der Waals surface area contributed by atoms with Gasteiger partial charge in [-0.15, -0.1) is 0 Å². The predicted octanol–water partition coefficient (Wildman–Crippen LogP) is 1.26. The molecule has 0 bridgehead atoms. The van der Waals surface area contributed by atoms with Crippen molar-refractivity contribution in [3.05, 3.63) is 36.9 Å². The molecule has 2 N–H and O–H groups in total. The molecule has 0 aliphatic heterocycles. The minimum atomic E-state index is 0.618. The summed E-state index contributed by atoms with van der Waals surface area (Å²) in [5, 5.41) is 13.5. The van der Waals surface area contributed by atoms with Gasteiger partial charge in [0.05, 0.1) is 11.8 Å². The molecule has 3 aromatic rings. The summed E-state index contributed by atoms with van der Waals surface area (Å²) in [7, 11) is 0. The molecule has 78 valence electrons. The Morgan fingerprint density at radius 2 is 2.12 bits per heavy atom. The van der Waals surface area contributed by atoms with E-state index in [0.717, 1.165) is 11.1 Å². The molecule has 0 unspecified atom stereocenters. The Labute approximate surface area is 90.8 Å². The number of hydrogen-bond donors (Lipinski definition) is 2. The molecule has 3 aromatic heterocycles. The van der Waals surface area contributed by atoms with Crippen LogP contribution in [0.1, 0.15) is 0 Å². The van der Waals surface area contributed by atoms with Gasteiger partial charge in [0.25, 0.3) is 0 Å². The van der Waals surface area contributed by atoms with E-state index < -0.39 is 0 Å². The van der Waals surface area contributed by atoms with Gasteiger partial charge in [0, 0.05) is 24.2 Å². The van der Waals surface area contributed by atoms with Gasteiger partial charge in [-0.3, -0.25) is 15.2 Å². The second-order valence-corrected chi connectivity index (χ2v) is 3.24. The van der Waals surface area contributed by atoms with Gasteiger partial charge in [0.2, 0.25) is 0 Å². The molecule has 16 heavy (non-hydrogen) atoms. The first-order valence-corrected chi connectivity index (χ1v) is 4.75. The number of hydrogen-bond acceptors (Lipinski definition) is 4. The monoisotopic (exact) mass is 212 g/mol. The molecule has 6 heteroatoms. The van der Waals surface area contributed by atoms with Gasteiger partial charge in [-0.2, -0.15) is 10.2 Å². The third-order valence-electron chi connectivity index (χ3n) is 2.18. The molecule has 0 aliphatic rings. The van der Waals surface area contributed by atoms with Crippen LogP contribution in [0.25, 0.3) is 22.8 Å². The lowest BCUT2D eigenvalue weighted by atomic mass is 10.3. The predicted molar refractivity (Wildman–Crippen MR) is 57.2 cm³/mol. The molecule has 0 spiro atoms. The third kappa shape index (κ3) is 1.46. The normalized spacial score (nSPS) is 10.5. The van der Waals surface area contributed by atoms with Crippen molar-refractivity contribution in [1.29, 1.82) is 0 Å². The number of rotatable bonds is 2. The van der Waals surface area contributed by atoms with Crippen LogP contribution in [0.5, 0.6) is 0 Å². The van der Waals surface area contributed by atoms with Crippen molar-refractivity contribution in [2.45, 2.75) is 0 Å². The number of nitrogens with one attached hydrogen (secondary N) is 2. The minimum Gasteiger partial charge on any atom is -0.285 e. The van der Waals surface area contributed by atoms with Crippen molar-refractivity contribution < 1.29 is 0 Å². The van der Waals surface area contributed by atoms with E-state index >= 15 is 0 Å². The molecule has 0 saturated carbocycles. The fourth-order valence-corrected chi connectivity index (χ4v) is 1.40. The van der Waals surface area contributed by atoms with Gasteiger partial charge in [0.1, 0.15) is 0 Å². The van der Waals surface area contributed by atoms with Gasteiger partial charge in [-0.05, 0) is 12.1 Å². The highest BCUT2D eigenvalue weighted by Gasteiger charge is 2.07. The number of aromatic amines is 2. The van der Waals surface area contributed by atoms with Crippen LogP contribution in [0.2, 0.25) is 0 Å². The summed E-state index contributed by atoms with van der Waals surface area (Å²) in [6.45, 7) is 0. The highest BCUT2D eigenvalue weighted by atomic mass is 15.2. The molecular formula is C10H8N6. The molecule has 6 nitrogen and oxygen atoms in total. The van der Waals surface area contributed by atoms with Crippen LogP contribution in [0.15, 0.2) is 36.9 Å². The second kappa shape index (κ2) is 3.58. The lowest BCUT2D eigenvalue weighted by Crippen LogP contribution is -1.81. The smallest absolute Gasteiger partial charge is 0.184 e. The van der Waals surface area contributed by atoms with E-state index in [1.54, 1.807) is 24.8 Å². The first-order valence-electron chi connectivity index (χ1n) is 4.75. The van der Waals surface area contributed by atoms with Crippen LogP contribution >= 0.6 is 0 Å². The Bertz CT molecular complexity index is 568. The van der Waals surface area contributed by atoms with Gasteiger partial charge in [-0.1, -0.05) is 0 Å². The summed E-state index contributed by atoms with van der Waals surface area (Å²) >= 11 is 0. The highest BCUT2D eigenvalue weighted by molar-refractivity contribution is 5.58. The zero-order chi connectivity index (χ0) is 10.8. The molecule has 0 radical (unpaired) electrons. The average molecular weight is 212 g/mol. The van der Waals surface area contributed by atoms with Crippen LogP contribution in [-0.2, 0) is 0 Å². The fraction of sp³-hybridized carbons (Fsp3) is 0. The van der Waals surface area contributed by atoms with Crippen LogP contribution in [0, 0.1) is 0 Å². The molecule has 0 aliphatic carbocycles. The Kier molecular flexibility index (Phi) is 1.96. The standard InChI is InChI=1S/C10H8N6/c1-2-7(4-11-3-1)9-14-10(16-15-9)8-5-12-13-6-8/h1-6H,(H,12,13)(H,14,15,16). The summed E-state index contributed by atoms with van der Waals surface area (Å²) in [5.74, 6) is 1.32. The lowest BCUT2D eigenvalue weighted by molar-refractivity contribution is 1.09. The molecular weight excluding hydrogens is 204 g/mol. The maximum atomic E-state index is 4.36. The van der Waals surface area contributed by atoms with Crippen molar-refractivity contribution >= 4 is 0 Å². The van der Waals surface area contributed by atoms with E-state index in [1.165, 1.54) is 0 Å². The van der Waals surface area contributed by atoms with Crippen LogP contribution in [0.4, 0.5) is 0 Å². The summed E-state index contributed by atoms with van der Waals surface area (Å²) in [6, 6.07) is 3.78. The van der Waals surface area contributed by atoms with Crippen LogP contribution < -0.4 is 0 Å². The SMILES string of the molecule is c1cncc(-c2nc(-c3cn[nH]c3)n[nH]2)c1. The number of nitrogens with zero attached hydrogens (tertiary/aromatic N) is 4. The van der Waals surface area contributed by atoms with E-state index in [4.69, 9.17) is 0 Å². The Morgan fingerprint density at radius 3 is 2.88 bits per heavy atom. The van der Waals surface area contributed by atoms with Crippen molar-refractivity contribution in [3.8, 4) is 22.8 Å². The van der Waals surface area contributed by atoms with Crippen molar-refractivity contribution in [3.63, 3.8) is 0 Å². The third-order valence-corrected chi connectivity index (χ3v) is 2.18. The summed E-state index contributed by atoms with van der Waals surface area (Å²) in [6.07, 6.45) is 6.88. The largest absolute Gasteiger partial charge is 0.285 e. The van der Waals surface area contributed by atoms with E-state index in [9.17, 15) is 0 Å². The van der Waals surface area contributed by atoms with Crippen LogP contribution in [0.3, 0.4) is 0 Å². The topological polar surface area (TPSA) is 83.1 Å². The van der Waals surface area contributed by atoms with Gasteiger partial charge >= 0.3 is 0 Å². The zero-order valence-corrected chi connectivity index (χ0v) is 8.25. The second-order valence-electron chi connectivity index (χ2n) is 3.24. The Hall–Kier alpha value is -2.50. The maximum Gasteiger partial charge on any atom is 0.184 e. The highest BCUT2D eigenvalue weighted by Crippen LogP contribution is 2.17. The van der Waals surface area contributed by atoms with E-state index in [2.05, 4.69) is 30.4 Å². The van der Waals surface area contributed by atoms with E-state index in [1.807, 2.05) is 12.1 Å². The first kappa shape index (κ1) is 8.78. The fourth-order valence-electron chi connectivity index (χ4n) is 1.40. The Balaban J connectivity index is 2.00. The number of H-pyrrole nitrogens is 2. The van der Waals surface area contributed by atoms with Gasteiger partial charge in [-0.25, -0.2) is 4.98 Å². The number of pyridine rings is 1. The molecule has 3 rings (SSSR count). The first-order chi connectivity index (χ1) is 7.93. The molecule has 0 amide bonds. The van der Waals surface area contributed by atoms with Crippen LogP contribution in [-0.4, -0.2) is 30.4 Å². The van der Waals surface area contributed by atoms with Gasteiger partial charge < -0.3 is 0 Å². The molecule has 3 heterocycles. The lowest BCUT2D eigenvalue weighted by Gasteiger charge is -1.91.